The predicted molar refractivity (Wildman–Crippen MR) is 78.8 cm³/mol. The van der Waals surface area contributed by atoms with Crippen LogP contribution < -0.4 is 10.1 Å². The van der Waals surface area contributed by atoms with Crippen molar-refractivity contribution in [2.45, 2.75) is 25.8 Å². The number of rotatable bonds is 4. The first-order valence-corrected chi connectivity index (χ1v) is 9.10. The van der Waals surface area contributed by atoms with Gasteiger partial charge in [0, 0.05) is 12.5 Å². The summed E-state index contributed by atoms with van der Waals surface area (Å²) in [6.45, 7) is 3.66. The second kappa shape index (κ2) is 5.37. The van der Waals surface area contributed by atoms with Crippen LogP contribution in [0.1, 0.15) is 30.5 Å². The first-order chi connectivity index (χ1) is 9.59. The Balaban J connectivity index is 1.87. The molecule has 0 spiro atoms. The van der Waals surface area contributed by atoms with Gasteiger partial charge >= 0.3 is 0 Å². The molecule has 20 heavy (non-hydrogen) atoms. The largest absolute Gasteiger partial charge is 0.493 e. The van der Waals surface area contributed by atoms with E-state index in [0.717, 1.165) is 31.7 Å². The Labute approximate surface area is 120 Å². The van der Waals surface area contributed by atoms with E-state index in [2.05, 4.69) is 24.4 Å². The van der Waals surface area contributed by atoms with E-state index in [1.54, 1.807) is 0 Å². The van der Waals surface area contributed by atoms with Crippen LogP contribution in [0.25, 0.3) is 0 Å². The van der Waals surface area contributed by atoms with Gasteiger partial charge in [-0.1, -0.05) is 19.1 Å². The number of ether oxygens (including phenoxy) is 1. The van der Waals surface area contributed by atoms with E-state index in [1.807, 2.05) is 6.07 Å². The number of hydrogen-bond acceptors (Lipinski definition) is 4. The van der Waals surface area contributed by atoms with Gasteiger partial charge in [-0.05, 0) is 36.1 Å². The summed E-state index contributed by atoms with van der Waals surface area (Å²) in [6, 6.07) is 6.40. The lowest BCUT2D eigenvalue weighted by Crippen LogP contribution is -2.29. The summed E-state index contributed by atoms with van der Waals surface area (Å²) in [5.74, 6) is 1.79. The molecule has 1 saturated heterocycles. The average molecular weight is 295 g/mol. The van der Waals surface area contributed by atoms with E-state index in [9.17, 15) is 8.42 Å². The van der Waals surface area contributed by atoms with Crippen molar-refractivity contribution in [3.05, 3.63) is 29.3 Å². The van der Waals surface area contributed by atoms with Crippen LogP contribution in [0.4, 0.5) is 0 Å². The highest BCUT2D eigenvalue weighted by Crippen LogP contribution is 2.34. The lowest BCUT2D eigenvalue weighted by molar-refractivity contribution is 0.356. The van der Waals surface area contributed by atoms with Crippen LogP contribution in [0.15, 0.2) is 18.2 Å². The van der Waals surface area contributed by atoms with Crippen LogP contribution in [0.3, 0.4) is 0 Å². The van der Waals surface area contributed by atoms with Crippen LogP contribution in [0, 0.1) is 5.92 Å². The van der Waals surface area contributed by atoms with Gasteiger partial charge in [0.15, 0.2) is 9.84 Å². The van der Waals surface area contributed by atoms with Crippen LogP contribution in [0.2, 0.25) is 0 Å². The summed E-state index contributed by atoms with van der Waals surface area (Å²) < 4.78 is 29.0. The van der Waals surface area contributed by atoms with Gasteiger partial charge < -0.3 is 10.1 Å². The van der Waals surface area contributed by atoms with Gasteiger partial charge in [0.1, 0.15) is 5.75 Å². The second-order valence-corrected chi connectivity index (χ2v) is 7.89. The molecule has 2 aliphatic heterocycles. The van der Waals surface area contributed by atoms with Crippen LogP contribution in [-0.2, 0) is 16.3 Å². The number of benzene rings is 1. The second-order valence-electron chi connectivity index (χ2n) is 5.66. The smallest absolute Gasteiger partial charge is 0.150 e. The van der Waals surface area contributed by atoms with E-state index in [4.69, 9.17) is 4.74 Å². The fourth-order valence-electron chi connectivity index (χ4n) is 3.26. The fourth-order valence-corrected chi connectivity index (χ4v) is 5.10. The third-order valence-corrected chi connectivity index (χ3v) is 6.03. The Bertz CT molecular complexity index is 597. The Hall–Kier alpha value is -1.07. The third kappa shape index (κ3) is 2.69. The van der Waals surface area contributed by atoms with Crippen LogP contribution in [0.5, 0.6) is 5.75 Å². The molecule has 1 aromatic rings. The van der Waals surface area contributed by atoms with E-state index >= 15 is 0 Å². The van der Waals surface area contributed by atoms with Gasteiger partial charge in [-0.3, -0.25) is 0 Å². The van der Waals surface area contributed by atoms with Crippen molar-refractivity contribution < 1.29 is 13.2 Å². The Morgan fingerprint density at radius 3 is 3.00 bits per heavy atom. The first kappa shape index (κ1) is 13.9. The minimum atomic E-state index is -2.84. The zero-order valence-electron chi connectivity index (χ0n) is 11.8. The molecule has 0 aromatic heterocycles. The minimum Gasteiger partial charge on any atom is -0.493 e. The first-order valence-electron chi connectivity index (χ1n) is 7.28. The van der Waals surface area contributed by atoms with E-state index in [0.29, 0.717) is 11.5 Å². The van der Waals surface area contributed by atoms with Crippen molar-refractivity contribution in [1.82, 2.24) is 5.32 Å². The fraction of sp³-hybridized carbons (Fsp3) is 0.600. The molecule has 110 valence electrons. The molecular formula is C15H21NO3S. The monoisotopic (exact) mass is 295 g/mol. The Morgan fingerprint density at radius 1 is 1.45 bits per heavy atom. The molecule has 0 saturated carbocycles. The van der Waals surface area contributed by atoms with Crippen molar-refractivity contribution in [2.75, 3.05) is 24.7 Å². The third-order valence-electron chi connectivity index (χ3n) is 4.24. The van der Waals surface area contributed by atoms with Crippen molar-refractivity contribution in [3.8, 4) is 5.75 Å². The maximum atomic E-state index is 11.7. The van der Waals surface area contributed by atoms with Gasteiger partial charge in [0.25, 0.3) is 0 Å². The zero-order chi connectivity index (χ0) is 14.2. The van der Waals surface area contributed by atoms with Crippen molar-refractivity contribution in [2.24, 2.45) is 5.92 Å². The molecule has 2 aliphatic rings. The van der Waals surface area contributed by atoms with Gasteiger partial charge in [-0.25, -0.2) is 8.42 Å². The standard InChI is InChI=1S/C15H21NO3S/c1-2-16-15(13-6-8-20(17,18)10-13)12-3-4-14-11(9-12)5-7-19-14/h3-4,9,13,15-16H,2,5-8,10H2,1H3. The number of fused-ring (bicyclic) bond motifs is 1. The molecule has 4 nitrogen and oxygen atoms in total. The summed E-state index contributed by atoms with van der Waals surface area (Å²) in [4.78, 5) is 0. The quantitative estimate of drug-likeness (QED) is 0.919. The molecule has 1 N–H and O–H groups in total. The maximum Gasteiger partial charge on any atom is 0.150 e. The Kier molecular flexibility index (Phi) is 3.73. The van der Waals surface area contributed by atoms with Gasteiger partial charge in [0.2, 0.25) is 0 Å². The van der Waals surface area contributed by atoms with Crippen LogP contribution in [-0.4, -0.2) is 33.1 Å². The number of sulfone groups is 1. The van der Waals surface area contributed by atoms with Gasteiger partial charge in [-0.2, -0.15) is 0 Å². The molecule has 5 heteroatoms. The van der Waals surface area contributed by atoms with E-state index in [1.165, 1.54) is 11.1 Å². The highest BCUT2D eigenvalue weighted by atomic mass is 32.2. The summed E-state index contributed by atoms with van der Waals surface area (Å²) in [5, 5.41) is 3.46. The molecule has 0 amide bonds. The summed E-state index contributed by atoms with van der Waals surface area (Å²) in [5.41, 5.74) is 2.43. The molecule has 3 rings (SSSR count). The highest BCUT2D eigenvalue weighted by Gasteiger charge is 2.34. The Morgan fingerprint density at radius 2 is 2.30 bits per heavy atom. The molecule has 2 atom stereocenters. The molecule has 1 aromatic carbocycles. The highest BCUT2D eigenvalue weighted by molar-refractivity contribution is 7.91. The topological polar surface area (TPSA) is 55.4 Å². The molecule has 0 bridgehead atoms. The van der Waals surface area contributed by atoms with Gasteiger partial charge in [0.05, 0.1) is 18.1 Å². The van der Waals surface area contributed by atoms with E-state index < -0.39 is 9.84 Å². The van der Waals surface area contributed by atoms with Crippen molar-refractivity contribution in [1.29, 1.82) is 0 Å². The molecule has 1 fully saturated rings. The molecule has 2 heterocycles. The molecule has 0 aliphatic carbocycles. The number of nitrogens with one attached hydrogen (secondary N) is 1. The number of hydrogen-bond donors (Lipinski definition) is 1. The minimum absolute atomic E-state index is 0.128. The summed E-state index contributed by atoms with van der Waals surface area (Å²) in [7, 11) is -2.84. The SMILES string of the molecule is CCNC(c1ccc2c(c1)CCO2)C1CCS(=O)(=O)C1. The lowest BCUT2D eigenvalue weighted by Gasteiger charge is -2.24. The molecule has 2 unspecified atom stereocenters. The zero-order valence-corrected chi connectivity index (χ0v) is 12.6. The maximum absolute atomic E-state index is 11.7. The molecule has 0 radical (unpaired) electrons. The van der Waals surface area contributed by atoms with Crippen molar-refractivity contribution >= 4 is 9.84 Å². The van der Waals surface area contributed by atoms with Crippen molar-refractivity contribution in [3.63, 3.8) is 0 Å². The van der Waals surface area contributed by atoms with Gasteiger partial charge in [-0.15, -0.1) is 0 Å². The lowest BCUT2D eigenvalue weighted by atomic mass is 9.91. The average Bonchev–Trinajstić information content (AvgIpc) is 3.01. The normalized spacial score (nSPS) is 25.1. The van der Waals surface area contributed by atoms with Crippen LogP contribution >= 0.6 is 0 Å². The molecular weight excluding hydrogens is 274 g/mol. The summed E-state index contributed by atoms with van der Waals surface area (Å²) >= 11 is 0. The summed E-state index contributed by atoms with van der Waals surface area (Å²) in [6.07, 6.45) is 1.71. The predicted octanol–water partition coefficient (Wildman–Crippen LogP) is 1.71. The van der Waals surface area contributed by atoms with E-state index in [-0.39, 0.29) is 12.0 Å².